The molecule has 1 saturated carbocycles. The van der Waals surface area contributed by atoms with Crippen molar-refractivity contribution in [2.45, 2.75) is 29.7 Å². The minimum atomic E-state index is -1.15. The van der Waals surface area contributed by atoms with Crippen LogP contribution in [0.15, 0.2) is 72.8 Å². The van der Waals surface area contributed by atoms with Gasteiger partial charge in [-0.25, -0.2) is 4.39 Å². The highest BCUT2D eigenvalue weighted by molar-refractivity contribution is 6.53. The normalized spacial score (nSPS) is 29.4. The Morgan fingerprint density at radius 2 is 1.54 bits per heavy atom. The molecule has 2 aliphatic rings. The third-order valence-corrected chi connectivity index (χ3v) is 7.81. The van der Waals surface area contributed by atoms with Crippen molar-refractivity contribution in [2.75, 3.05) is 0 Å². The van der Waals surface area contributed by atoms with Crippen LogP contribution >= 0.6 is 23.2 Å². The van der Waals surface area contributed by atoms with E-state index in [4.69, 9.17) is 27.9 Å². The SMILES string of the molecule is Cc1ccc([C@]23Oc4ccccc4[C@H](c4ccc(F)cc4)[C@]2(C)C3(Cl)Cl)cc1. The number of hydrogen-bond acceptors (Lipinski definition) is 1. The molecule has 5 rings (SSSR count). The highest BCUT2D eigenvalue weighted by Crippen LogP contribution is 2.85. The van der Waals surface area contributed by atoms with E-state index in [1.807, 2.05) is 67.6 Å². The van der Waals surface area contributed by atoms with Crippen molar-refractivity contribution < 1.29 is 9.13 Å². The van der Waals surface area contributed by atoms with Crippen molar-refractivity contribution in [3.8, 4) is 5.75 Å². The highest BCUT2D eigenvalue weighted by Gasteiger charge is 2.91. The maximum absolute atomic E-state index is 13.6. The summed E-state index contributed by atoms with van der Waals surface area (Å²) in [5.41, 5.74) is 2.59. The number of para-hydroxylation sites is 1. The molecule has 1 aliphatic carbocycles. The van der Waals surface area contributed by atoms with E-state index in [0.29, 0.717) is 0 Å². The molecule has 0 unspecified atom stereocenters. The predicted octanol–water partition coefficient (Wildman–Crippen LogP) is 6.75. The molecule has 3 aromatic rings. The molecule has 1 nitrogen and oxygen atoms in total. The topological polar surface area (TPSA) is 9.23 Å². The molecular weight excluding hydrogens is 394 g/mol. The summed E-state index contributed by atoms with van der Waals surface area (Å²) < 4.78 is 19.0. The minimum Gasteiger partial charge on any atom is -0.478 e. The number of alkyl halides is 2. The zero-order valence-corrected chi connectivity index (χ0v) is 17.1. The van der Waals surface area contributed by atoms with Crippen LogP contribution in [0.25, 0.3) is 0 Å². The van der Waals surface area contributed by atoms with E-state index in [2.05, 4.69) is 6.92 Å². The summed E-state index contributed by atoms with van der Waals surface area (Å²) in [6, 6.07) is 22.7. The van der Waals surface area contributed by atoms with Crippen molar-refractivity contribution in [3.05, 3.63) is 101 Å². The van der Waals surface area contributed by atoms with Gasteiger partial charge in [-0.2, -0.15) is 0 Å². The first kappa shape index (κ1) is 18.0. The molecule has 142 valence electrons. The van der Waals surface area contributed by atoms with E-state index < -0.39 is 15.3 Å². The van der Waals surface area contributed by atoms with Crippen LogP contribution in [0.5, 0.6) is 5.75 Å². The van der Waals surface area contributed by atoms with Gasteiger partial charge in [-0.15, -0.1) is 0 Å². The first-order chi connectivity index (χ1) is 13.3. The zero-order valence-electron chi connectivity index (χ0n) is 15.5. The van der Waals surface area contributed by atoms with Gasteiger partial charge < -0.3 is 4.74 Å². The van der Waals surface area contributed by atoms with E-state index in [9.17, 15) is 4.39 Å². The Morgan fingerprint density at radius 1 is 0.893 bits per heavy atom. The summed E-state index contributed by atoms with van der Waals surface area (Å²) in [5.74, 6) is 0.366. The lowest BCUT2D eigenvalue weighted by Gasteiger charge is -2.36. The largest absolute Gasteiger partial charge is 0.478 e. The number of halogens is 3. The lowest BCUT2D eigenvalue weighted by molar-refractivity contribution is 0.102. The summed E-state index contributed by atoms with van der Waals surface area (Å²) in [6.07, 6.45) is 0. The van der Waals surface area contributed by atoms with Gasteiger partial charge in [0.2, 0.25) is 0 Å². The second-order valence-electron chi connectivity index (χ2n) is 7.95. The van der Waals surface area contributed by atoms with Gasteiger partial charge in [-0.05, 0) is 36.2 Å². The van der Waals surface area contributed by atoms with Crippen molar-refractivity contribution in [1.29, 1.82) is 0 Å². The molecule has 1 heterocycles. The molecule has 3 atom stereocenters. The molecule has 3 aromatic carbocycles. The monoisotopic (exact) mass is 412 g/mol. The third kappa shape index (κ3) is 2.03. The number of benzene rings is 3. The van der Waals surface area contributed by atoms with Gasteiger partial charge in [-0.1, -0.05) is 90.3 Å². The van der Waals surface area contributed by atoms with Gasteiger partial charge in [-0.3, -0.25) is 0 Å². The molecule has 1 fully saturated rings. The average molecular weight is 413 g/mol. The Morgan fingerprint density at radius 3 is 2.21 bits per heavy atom. The third-order valence-electron chi connectivity index (χ3n) is 6.50. The fourth-order valence-electron chi connectivity index (χ4n) is 4.96. The lowest BCUT2D eigenvalue weighted by Crippen LogP contribution is -2.33. The predicted molar refractivity (Wildman–Crippen MR) is 111 cm³/mol. The Balaban J connectivity index is 1.77. The molecule has 28 heavy (non-hydrogen) atoms. The molecule has 0 aromatic heterocycles. The van der Waals surface area contributed by atoms with Crippen LogP contribution in [0.1, 0.15) is 35.1 Å². The van der Waals surface area contributed by atoms with Crippen LogP contribution in [0.4, 0.5) is 4.39 Å². The molecule has 0 radical (unpaired) electrons. The fourth-order valence-corrected chi connectivity index (χ4v) is 6.03. The molecule has 0 N–H and O–H groups in total. The number of hydrogen-bond donors (Lipinski definition) is 0. The molecule has 0 spiro atoms. The molecule has 4 heteroatoms. The fraction of sp³-hybridized carbons (Fsp3) is 0.250. The van der Waals surface area contributed by atoms with E-state index in [1.54, 1.807) is 0 Å². The zero-order chi connectivity index (χ0) is 19.7. The van der Waals surface area contributed by atoms with Crippen molar-refractivity contribution in [3.63, 3.8) is 0 Å². The standard InChI is InChI=1S/C24H19Cl2FO/c1-15-7-11-17(12-8-15)23-22(2,24(23,25)26)21(16-9-13-18(27)14-10-16)19-5-3-4-6-20(19)28-23/h3-14,21H,1-2H3/t21-,22-,23-/m0/s1. The highest BCUT2D eigenvalue weighted by atomic mass is 35.5. The molecule has 0 saturated heterocycles. The second-order valence-corrected chi connectivity index (χ2v) is 9.28. The van der Waals surface area contributed by atoms with Crippen molar-refractivity contribution in [2.24, 2.45) is 5.41 Å². The first-order valence-electron chi connectivity index (χ1n) is 9.31. The van der Waals surface area contributed by atoms with Gasteiger partial charge >= 0.3 is 0 Å². The quantitative estimate of drug-likeness (QED) is 0.423. The molecule has 0 amide bonds. The number of ether oxygens (including phenoxy) is 1. The summed E-state index contributed by atoms with van der Waals surface area (Å²) in [7, 11) is 0. The van der Waals surface area contributed by atoms with Gasteiger partial charge in [0, 0.05) is 11.5 Å². The first-order valence-corrected chi connectivity index (χ1v) is 10.1. The van der Waals surface area contributed by atoms with Gasteiger partial charge in [0.05, 0.1) is 5.41 Å². The maximum Gasteiger partial charge on any atom is 0.177 e. The Kier molecular flexibility index (Phi) is 3.70. The summed E-state index contributed by atoms with van der Waals surface area (Å²) in [6.45, 7) is 4.11. The number of rotatable bonds is 2. The van der Waals surface area contributed by atoms with Gasteiger partial charge in [0.15, 0.2) is 9.93 Å². The summed E-state index contributed by atoms with van der Waals surface area (Å²) in [5, 5.41) is 0. The van der Waals surface area contributed by atoms with Gasteiger partial charge in [0.25, 0.3) is 0 Å². The number of aryl methyl sites for hydroxylation is 1. The Labute approximate surface area is 174 Å². The second kappa shape index (κ2) is 5.75. The van der Waals surface area contributed by atoms with Gasteiger partial charge in [0.1, 0.15) is 11.6 Å². The lowest BCUT2D eigenvalue weighted by atomic mass is 9.74. The van der Waals surface area contributed by atoms with Crippen LogP contribution in [0, 0.1) is 18.2 Å². The van der Waals surface area contributed by atoms with E-state index >= 15 is 0 Å². The Hall–Kier alpha value is -2.03. The smallest absolute Gasteiger partial charge is 0.177 e. The average Bonchev–Trinajstić information content (AvgIpc) is 3.09. The van der Waals surface area contributed by atoms with Crippen LogP contribution in [-0.4, -0.2) is 4.33 Å². The molecular formula is C24H19Cl2FO. The molecule has 1 aliphatic heterocycles. The minimum absolute atomic E-state index is 0.130. The van der Waals surface area contributed by atoms with E-state index in [1.165, 1.54) is 12.1 Å². The van der Waals surface area contributed by atoms with Crippen molar-refractivity contribution in [1.82, 2.24) is 0 Å². The molecule has 0 bridgehead atoms. The van der Waals surface area contributed by atoms with E-state index in [-0.39, 0.29) is 11.7 Å². The summed E-state index contributed by atoms with van der Waals surface area (Å²) >= 11 is 14.0. The summed E-state index contributed by atoms with van der Waals surface area (Å²) in [4.78, 5) is 0. The van der Waals surface area contributed by atoms with Crippen LogP contribution in [0.2, 0.25) is 0 Å². The van der Waals surface area contributed by atoms with Crippen LogP contribution in [0.3, 0.4) is 0 Å². The number of fused-ring (bicyclic) bond motifs is 2. The maximum atomic E-state index is 13.6. The van der Waals surface area contributed by atoms with Crippen LogP contribution < -0.4 is 4.74 Å². The van der Waals surface area contributed by atoms with Crippen LogP contribution in [-0.2, 0) is 5.60 Å². The van der Waals surface area contributed by atoms with Crippen molar-refractivity contribution >= 4 is 23.2 Å². The van der Waals surface area contributed by atoms with E-state index in [0.717, 1.165) is 28.0 Å². The Bertz CT molecular complexity index is 1060.